The highest BCUT2D eigenvalue weighted by molar-refractivity contribution is 6.31. The van der Waals surface area contributed by atoms with Gasteiger partial charge in [0.15, 0.2) is 0 Å². The molecular formula is C16H27Cl2N5. The summed E-state index contributed by atoms with van der Waals surface area (Å²) >= 11 is 11.8. The molecule has 2 N–H and O–H groups in total. The van der Waals surface area contributed by atoms with Crippen LogP contribution in [0.15, 0.2) is 0 Å². The van der Waals surface area contributed by atoms with Crippen molar-refractivity contribution in [3.63, 3.8) is 0 Å². The van der Waals surface area contributed by atoms with E-state index in [0.717, 1.165) is 25.7 Å². The third-order valence-electron chi connectivity index (χ3n) is 4.29. The Morgan fingerprint density at radius 1 is 1.09 bits per heavy atom. The van der Waals surface area contributed by atoms with Gasteiger partial charge in [0.05, 0.1) is 0 Å². The van der Waals surface area contributed by atoms with Crippen LogP contribution >= 0.6 is 23.2 Å². The monoisotopic (exact) mass is 359 g/mol. The Balaban J connectivity index is 2.20. The van der Waals surface area contributed by atoms with Gasteiger partial charge in [0.2, 0.25) is 16.5 Å². The Labute approximate surface area is 149 Å². The van der Waals surface area contributed by atoms with Crippen molar-refractivity contribution >= 4 is 29.2 Å². The SMILES string of the molecule is CCCC(Nc1nc(Cl)nc(Cl)n1)C1CC(C)(C)NC(C)(C)C1. The first kappa shape index (κ1) is 18.7. The lowest BCUT2D eigenvalue weighted by Gasteiger charge is -2.48. The quantitative estimate of drug-likeness (QED) is 0.819. The standard InChI is InChI=1S/C16H27Cl2N5/c1-6-7-11(19-14-21-12(17)20-13(18)22-14)10-8-15(2,3)23-16(4,5)9-10/h10-11,23H,6-9H2,1-5H3,(H,19,20,21,22). The predicted octanol–water partition coefficient (Wildman–Crippen LogP) is 4.32. The first-order valence-corrected chi connectivity index (χ1v) is 8.99. The first-order chi connectivity index (χ1) is 10.6. The van der Waals surface area contributed by atoms with Gasteiger partial charge in [-0.05, 0) is 76.1 Å². The third kappa shape index (κ3) is 5.44. The molecule has 0 bridgehead atoms. The molecule has 0 spiro atoms. The lowest BCUT2D eigenvalue weighted by atomic mass is 9.72. The summed E-state index contributed by atoms with van der Waals surface area (Å²) in [5.41, 5.74) is 0.211. The first-order valence-electron chi connectivity index (χ1n) is 8.23. The van der Waals surface area contributed by atoms with Gasteiger partial charge in [0.1, 0.15) is 0 Å². The Kier molecular flexibility index (Phi) is 5.75. The lowest BCUT2D eigenvalue weighted by molar-refractivity contribution is 0.115. The molecular weight excluding hydrogens is 333 g/mol. The molecule has 1 aromatic heterocycles. The largest absolute Gasteiger partial charge is 0.351 e. The highest BCUT2D eigenvalue weighted by atomic mass is 35.5. The number of aromatic nitrogens is 3. The highest BCUT2D eigenvalue weighted by Crippen LogP contribution is 2.36. The van der Waals surface area contributed by atoms with E-state index in [4.69, 9.17) is 23.2 Å². The van der Waals surface area contributed by atoms with Crippen molar-refractivity contribution < 1.29 is 0 Å². The second-order valence-electron chi connectivity index (χ2n) is 7.80. The molecule has 130 valence electrons. The van der Waals surface area contributed by atoms with E-state index < -0.39 is 0 Å². The van der Waals surface area contributed by atoms with E-state index >= 15 is 0 Å². The van der Waals surface area contributed by atoms with E-state index in [-0.39, 0.29) is 27.7 Å². The average molecular weight is 360 g/mol. The van der Waals surface area contributed by atoms with Gasteiger partial charge in [-0.2, -0.15) is 15.0 Å². The maximum Gasteiger partial charge on any atom is 0.228 e. The second-order valence-corrected chi connectivity index (χ2v) is 8.47. The molecule has 0 saturated carbocycles. The molecule has 1 atom stereocenters. The van der Waals surface area contributed by atoms with Crippen molar-refractivity contribution in [1.82, 2.24) is 20.3 Å². The van der Waals surface area contributed by atoms with Crippen molar-refractivity contribution in [3.8, 4) is 0 Å². The van der Waals surface area contributed by atoms with Gasteiger partial charge in [0, 0.05) is 17.1 Å². The minimum atomic E-state index is 0.106. The van der Waals surface area contributed by atoms with Crippen molar-refractivity contribution in [2.24, 2.45) is 5.92 Å². The Morgan fingerprint density at radius 2 is 1.61 bits per heavy atom. The molecule has 5 nitrogen and oxygen atoms in total. The zero-order valence-electron chi connectivity index (χ0n) is 14.6. The maximum absolute atomic E-state index is 5.89. The minimum Gasteiger partial charge on any atom is -0.351 e. The topological polar surface area (TPSA) is 62.7 Å². The number of hydrogen-bond donors (Lipinski definition) is 2. The molecule has 0 aromatic carbocycles. The zero-order chi connectivity index (χ0) is 17.3. The number of anilines is 1. The number of nitrogens with one attached hydrogen (secondary N) is 2. The summed E-state index contributed by atoms with van der Waals surface area (Å²) in [5.74, 6) is 0.984. The molecule has 2 rings (SSSR count). The molecule has 1 unspecified atom stereocenters. The van der Waals surface area contributed by atoms with E-state index in [9.17, 15) is 0 Å². The van der Waals surface area contributed by atoms with Crippen LogP contribution in [-0.2, 0) is 0 Å². The molecule has 1 fully saturated rings. The van der Waals surface area contributed by atoms with E-state index in [0.29, 0.717) is 11.9 Å². The van der Waals surface area contributed by atoms with Crippen LogP contribution in [0.2, 0.25) is 10.6 Å². The molecule has 23 heavy (non-hydrogen) atoms. The highest BCUT2D eigenvalue weighted by Gasteiger charge is 2.40. The smallest absolute Gasteiger partial charge is 0.228 e. The predicted molar refractivity (Wildman–Crippen MR) is 96.2 cm³/mol. The van der Waals surface area contributed by atoms with Gasteiger partial charge < -0.3 is 10.6 Å². The van der Waals surface area contributed by atoms with E-state index in [2.05, 4.69) is 60.2 Å². The number of hydrogen-bond acceptors (Lipinski definition) is 5. The summed E-state index contributed by atoms with van der Waals surface area (Å²) in [5, 5.41) is 7.42. The molecule has 1 aliphatic rings. The van der Waals surface area contributed by atoms with Gasteiger partial charge in [0.25, 0.3) is 0 Å². The number of nitrogens with zero attached hydrogens (tertiary/aromatic N) is 3. The van der Waals surface area contributed by atoms with Gasteiger partial charge >= 0.3 is 0 Å². The van der Waals surface area contributed by atoms with E-state index in [1.165, 1.54) is 0 Å². The fourth-order valence-corrected chi connectivity index (χ4v) is 4.34. The van der Waals surface area contributed by atoms with Gasteiger partial charge in [-0.15, -0.1) is 0 Å². The van der Waals surface area contributed by atoms with Crippen LogP contribution in [0.5, 0.6) is 0 Å². The van der Waals surface area contributed by atoms with E-state index in [1.54, 1.807) is 0 Å². The van der Waals surface area contributed by atoms with Crippen LogP contribution in [0.3, 0.4) is 0 Å². The Hall–Kier alpha value is -0.650. The zero-order valence-corrected chi connectivity index (χ0v) is 16.1. The molecule has 7 heteroatoms. The van der Waals surface area contributed by atoms with Crippen LogP contribution in [0.1, 0.15) is 60.3 Å². The second kappa shape index (κ2) is 7.08. The van der Waals surface area contributed by atoms with Crippen molar-refractivity contribution in [2.75, 3.05) is 5.32 Å². The minimum absolute atomic E-state index is 0.106. The molecule has 1 aliphatic heterocycles. The summed E-state index contributed by atoms with van der Waals surface area (Å²) in [6.45, 7) is 11.3. The normalized spacial score (nSPS) is 21.9. The lowest BCUT2D eigenvalue weighted by Crippen LogP contribution is -2.59. The van der Waals surface area contributed by atoms with Crippen molar-refractivity contribution in [1.29, 1.82) is 0 Å². The molecule has 0 radical (unpaired) electrons. The van der Waals surface area contributed by atoms with Crippen LogP contribution in [0.4, 0.5) is 5.95 Å². The number of rotatable bonds is 5. The summed E-state index contributed by atoms with van der Waals surface area (Å²) in [4.78, 5) is 12.1. The van der Waals surface area contributed by atoms with Gasteiger partial charge in [-0.3, -0.25) is 0 Å². The third-order valence-corrected chi connectivity index (χ3v) is 4.62. The van der Waals surface area contributed by atoms with Gasteiger partial charge in [-0.25, -0.2) is 0 Å². The Bertz CT molecular complexity index is 511. The molecule has 1 aromatic rings. The van der Waals surface area contributed by atoms with Crippen LogP contribution < -0.4 is 10.6 Å². The fourth-order valence-electron chi connectivity index (χ4n) is 3.98. The summed E-state index contributed by atoms with van der Waals surface area (Å²) in [6, 6.07) is 0.287. The van der Waals surface area contributed by atoms with Crippen LogP contribution in [0, 0.1) is 5.92 Å². The van der Waals surface area contributed by atoms with Crippen molar-refractivity contribution in [2.45, 2.75) is 77.4 Å². The van der Waals surface area contributed by atoms with Crippen LogP contribution in [-0.4, -0.2) is 32.1 Å². The fraction of sp³-hybridized carbons (Fsp3) is 0.812. The van der Waals surface area contributed by atoms with Crippen LogP contribution in [0.25, 0.3) is 0 Å². The summed E-state index contributed by atoms with van der Waals surface area (Å²) in [7, 11) is 0. The molecule has 0 aliphatic carbocycles. The van der Waals surface area contributed by atoms with E-state index in [1.807, 2.05) is 0 Å². The number of piperidine rings is 1. The summed E-state index contributed by atoms with van der Waals surface area (Å²) < 4.78 is 0. The average Bonchev–Trinajstić information content (AvgIpc) is 2.33. The number of halogens is 2. The molecule has 2 heterocycles. The van der Waals surface area contributed by atoms with Gasteiger partial charge in [-0.1, -0.05) is 13.3 Å². The van der Waals surface area contributed by atoms with Crippen molar-refractivity contribution in [3.05, 3.63) is 10.6 Å². The molecule has 1 saturated heterocycles. The molecule has 0 amide bonds. The summed E-state index contributed by atoms with van der Waals surface area (Å²) in [6.07, 6.45) is 4.34. The Morgan fingerprint density at radius 3 is 2.09 bits per heavy atom. The maximum atomic E-state index is 5.89.